The molecule has 3 N–H and O–H groups in total. The molecule has 0 radical (unpaired) electrons. The van der Waals surface area contributed by atoms with Crippen LogP contribution in [0.3, 0.4) is 0 Å². The van der Waals surface area contributed by atoms with Gasteiger partial charge in [-0.15, -0.1) is 0 Å². The topological polar surface area (TPSA) is 55.5 Å². The van der Waals surface area contributed by atoms with Crippen molar-refractivity contribution in [2.75, 3.05) is 6.61 Å². The van der Waals surface area contributed by atoms with Crippen LogP contribution in [0.2, 0.25) is 0 Å². The van der Waals surface area contributed by atoms with E-state index in [2.05, 4.69) is 0 Å². The van der Waals surface area contributed by atoms with E-state index in [-0.39, 0.29) is 6.04 Å². The number of fused-ring (bicyclic) bond motifs is 1. The first-order chi connectivity index (χ1) is 6.18. The van der Waals surface area contributed by atoms with Gasteiger partial charge in [0.15, 0.2) is 0 Å². The summed E-state index contributed by atoms with van der Waals surface area (Å²) in [6.45, 7) is 2.38. The molecule has 0 aromatic heterocycles. The number of aryl methyl sites for hydroxylation is 1. The summed E-state index contributed by atoms with van der Waals surface area (Å²) < 4.78 is 5.40. The normalized spacial score (nSPS) is 26.4. The molecule has 1 aliphatic heterocycles. The van der Waals surface area contributed by atoms with Crippen molar-refractivity contribution in [1.82, 2.24) is 0 Å². The predicted octanol–water partition coefficient (Wildman–Crippen LogP) is 0.748. The Balaban J connectivity index is 2.44. The van der Waals surface area contributed by atoms with Crippen LogP contribution in [0.1, 0.15) is 17.2 Å². The number of aliphatic hydroxyl groups excluding tert-OH is 1. The highest BCUT2D eigenvalue weighted by atomic mass is 16.5. The van der Waals surface area contributed by atoms with Gasteiger partial charge in [-0.25, -0.2) is 0 Å². The van der Waals surface area contributed by atoms with Crippen LogP contribution >= 0.6 is 0 Å². The van der Waals surface area contributed by atoms with Gasteiger partial charge in [0.2, 0.25) is 0 Å². The van der Waals surface area contributed by atoms with E-state index in [0.29, 0.717) is 6.61 Å². The van der Waals surface area contributed by atoms with Crippen LogP contribution in [0, 0.1) is 6.92 Å². The minimum atomic E-state index is -0.593. The molecule has 0 aliphatic carbocycles. The first-order valence-corrected chi connectivity index (χ1v) is 4.35. The Morgan fingerprint density at radius 2 is 2.31 bits per heavy atom. The number of aliphatic hydroxyl groups is 1. The van der Waals surface area contributed by atoms with Gasteiger partial charge in [-0.1, -0.05) is 12.1 Å². The van der Waals surface area contributed by atoms with E-state index in [1.165, 1.54) is 0 Å². The van der Waals surface area contributed by atoms with Crippen molar-refractivity contribution < 1.29 is 9.84 Å². The number of benzene rings is 1. The Bertz CT molecular complexity index is 325. The van der Waals surface area contributed by atoms with Crippen LogP contribution in [-0.2, 0) is 0 Å². The third-order valence-corrected chi connectivity index (χ3v) is 2.32. The summed E-state index contributed by atoms with van der Waals surface area (Å²) in [6.07, 6.45) is -0.593. The van der Waals surface area contributed by atoms with Crippen LogP contribution in [0.25, 0.3) is 0 Å². The van der Waals surface area contributed by atoms with Crippen LogP contribution in [-0.4, -0.2) is 17.8 Å². The van der Waals surface area contributed by atoms with Gasteiger partial charge < -0.3 is 15.6 Å². The highest BCUT2D eigenvalue weighted by molar-refractivity contribution is 5.40. The van der Waals surface area contributed by atoms with Crippen molar-refractivity contribution in [3.05, 3.63) is 29.3 Å². The Kier molecular flexibility index (Phi) is 1.98. The van der Waals surface area contributed by atoms with E-state index in [4.69, 9.17) is 10.5 Å². The monoisotopic (exact) mass is 179 g/mol. The smallest absolute Gasteiger partial charge is 0.125 e. The summed E-state index contributed by atoms with van der Waals surface area (Å²) in [5.41, 5.74) is 7.58. The molecule has 0 saturated heterocycles. The number of rotatable bonds is 0. The van der Waals surface area contributed by atoms with Gasteiger partial charge in [0.05, 0.1) is 6.04 Å². The standard InChI is InChI=1S/C10H13NO2/c1-6-2-3-7-9(4-6)13-5-8(11)10(7)12/h2-4,8,10,12H,5,11H2,1H3/t8-,10+/m1/s1. The Labute approximate surface area is 77.1 Å². The lowest BCUT2D eigenvalue weighted by Gasteiger charge is -2.27. The maximum atomic E-state index is 9.72. The molecule has 3 nitrogen and oxygen atoms in total. The van der Waals surface area contributed by atoms with E-state index in [9.17, 15) is 5.11 Å². The first-order valence-electron chi connectivity index (χ1n) is 4.35. The largest absolute Gasteiger partial charge is 0.491 e. The lowest BCUT2D eigenvalue weighted by Crippen LogP contribution is -2.38. The molecule has 1 aromatic rings. The van der Waals surface area contributed by atoms with Crippen molar-refractivity contribution >= 4 is 0 Å². The van der Waals surface area contributed by atoms with Gasteiger partial charge in [-0.2, -0.15) is 0 Å². The fourth-order valence-corrected chi connectivity index (χ4v) is 1.52. The predicted molar refractivity (Wildman–Crippen MR) is 49.6 cm³/mol. The Morgan fingerprint density at radius 3 is 3.08 bits per heavy atom. The number of ether oxygens (including phenoxy) is 1. The molecule has 1 aromatic carbocycles. The van der Waals surface area contributed by atoms with Crippen molar-refractivity contribution in [3.8, 4) is 5.75 Å². The third-order valence-electron chi connectivity index (χ3n) is 2.32. The lowest BCUT2D eigenvalue weighted by atomic mass is 9.99. The molecule has 2 atom stereocenters. The number of nitrogens with two attached hydrogens (primary N) is 1. The van der Waals surface area contributed by atoms with Crippen LogP contribution in [0.15, 0.2) is 18.2 Å². The zero-order valence-corrected chi connectivity index (χ0v) is 7.53. The van der Waals surface area contributed by atoms with Gasteiger partial charge >= 0.3 is 0 Å². The van der Waals surface area contributed by atoms with Crippen LogP contribution in [0.5, 0.6) is 5.75 Å². The van der Waals surface area contributed by atoms with Crippen molar-refractivity contribution in [3.63, 3.8) is 0 Å². The maximum absolute atomic E-state index is 9.72. The molecule has 0 fully saturated rings. The fourth-order valence-electron chi connectivity index (χ4n) is 1.52. The molecule has 0 bridgehead atoms. The molecule has 13 heavy (non-hydrogen) atoms. The Hall–Kier alpha value is -1.06. The second-order valence-corrected chi connectivity index (χ2v) is 3.46. The summed E-state index contributed by atoms with van der Waals surface area (Å²) in [5, 5.41) is 9.72. The van der Waals surface area contributed by atoms with E-state index >= 15 is 0 Å². The summed E-state index contributed by atoms with van der Waals surface area (Å²) in [7, 11) is 0. The molecule has 0 spiro atoms. The highest BCUT2D eigenvalue weighted by Gasteiger charge is 2.25. The molecule has 0 saturated carbocycles. The lowest BCUT2D eigenvalue weighted by molar-refractivity contribution is 0.0915. The summed E-state index contributed by atoms with van der Waals surface area (Å²) in [5.74, 6) is 0.759. The fraction of sp³-hybridized carbons (Fsp3) is 0.400. The summed E-state index contributed by atoms with van der Waals surface area (Å²) in [6, 6.07) is 5.43. The van der Waals surface area contributed by atoms with Gasteiger partial charge in [0, 0.05) is 5.56 Å². The van der Waals surface area contributed by atoms with Crippen LogP contribution < -0.4 is 10.5 Å². The maximum Gasteiger partial charge on any atom is 0.125 e. The number of hydrogen-bond donors (Lipinski definition) is 2. The minimum absolute atomic E-state index is 0.310. The zero-order chi connectivity index (χ0) is 9.42. The number of hydrogen-bond acceptors (Lipinski definition) is 3. The molecular formula is C10H13NO2. The molecular weight excluding hydrogens is 166 g/mol. The van der Waals surface area contributed by atoms with E-state index in [1.807, 2.05) is 25.1 Å². The van der Waals surface area contributed by atoms with Gasteiger partial charge in [0.25, 0.3) is 0 Å². The average molecular weight is 179 g/mol. The molecule has 1 heterocycles. The second-order valence-electron chi connectivity index (χ2n) is 3.46. The third kappa shape index (κ3) is 1.41. The molecule has 1 aliphatic rings. The van der Waals surface area contributed by atoms with Crippen molar-refractivity contribution in [2.24, 2.45) is 5.73 Å². The van der Waals surface area contributed by atoms with Gasteiger partial charge in [-0.3, -0.25) is 0 Å². The molecule has 3 heteroatoms. The molecule has 0 unspecified atom stereocenters. The van der Waals surface area contributed by atoms with E-state index in [0.717, 1.165) is 16.9 Å². The van der Waals surface area contributed by atoms with E-state index < -0.39 is 6.10 Å². The molecule has 70 valence electrons. The zero-order valence-electron chi connectivity index (χ0n) is 7.53. The highest BCUT2D eigenvalue weighted by Crippen LogP contribution is 2.31. The average Bonchev–Trinajstić information content (AvgIpc) is 2.12. The van der Waals surface area contributed by atoms with Gasteiger partial charge in [0.1, 0.15) is 18.5 Å². The van der Waals surface area contributed by atoms with Crippen LogP contribution in [0.4, 0.5) is 0 Å². The van der Waals surface area contributed by atoms with Gasteiger partial charge in [-0.05, 0) is 18.6 Å². The summed E-state index contributed by atoms with van der Waals surface area (Å²) in [4.78, 5) is 0. The SMILES string of the molecule is Cc1ccc2c(c1)OC[C@@H](N)[C@H]2O. The minimum Gasteiger partial charge on any atom is -0.491 e. The van der Waals surface area contributed by atoms with Crippen molar-refractivity contribution in [1.29, 1.82) is 0 Å². The molecule has 0 amide bonds. The second kappa shape index (κ2) is 3.01. The van der Waals surface area contributed by atoms with E-state index in [1.54, 1.807) is 0 Å². The summed E-state index contributed by atoms with van der Waals surface area (Å²) >= 11 is 0. The molecule has 2 rings (SSSR count). The Morgan fingerprint density at radius 1 is 1.54 bits per heavy atom. The van der Waals surface area contributed by atoms with Crippen molar-refractivity contribution in [2.45, 2.75) is 19.1 Å². The quantitative estimate of drug-likeness (QED) is 0.618. The first kappa shape index (κ1) is 8.53.